The first-order valence-corrected chi connectivity index (χ1v) is 11.2. The van der Waals surface area contributed by atoms with Gasteiger partial charge in [0, 0.05) is 17.9 Å². The molecule has 0 bridgehead atoms. The summed E-state index contributed by atoms with van der Waals surface area (Å²) in [5.74, 6) is 1.57. The first-order valence-electron chi connectivity index (χ1n) is 10.0. The molecule has 0 aliphatic rings. The van der Waals surface area contributed by atoms with E-state index in [1.54, 1.807) is 31.4 Å². The van der Waals surface area contributed by atoms with Gasteiger partial charge in [0.2, 0.25) is 5.91 Å². The SMILES string of the molecule is COc1cc(/C=N\NC(=O)CSCc2cccc([N+](=O)[O-])c2)ccc1OCc1ccccc1. The molecule has 33 heavy (non-hydrogen) atoms. The number of rotatable bonds is 11. The number of non-ortho nitro benzene ring substituents is 1. The highest BCUT2D eigenvalue weighted by atomic mass is 32.2. The van der Waals surface area contributed by atoms with E-state index < -0.39 is 4.92 Å². The monoisotopic (exact) mass is 465 g/mol. The molecule has 0 aliphatic carbocycles. The molecule has 170 valence electrons. The predicted molar refractivity (Wildman–Crippen MR) is 129 cm³/mol. The number of ether oxygens (including phenoxy) is 2. The van der Waals surface area contributed by atoms with E-state index in [0.717, 1.165) is 16.7 Å². The smallest absolute Gasteiger partial charge is 0.269 e. The lowest BCUT2D eigenvalue weighted by molar-refractivity contribution is -0.384. The van der Waals surface area contributed by atoms with Crippen molar-refractivity contribution in [3.63, 3.8) is 0 Å². The number of nitro benzene ring substituents is 1. The van der Waals surface area contributed by atoms with Gasteiger partial charge in [0.25, 0.3) is 5.69 Å². The Morgan fingerprint density at radius 1 is 1.06 bits per heavy atom. The van der Waals surface area contributed by atoms with Gasteiger partial charge in [-0.25, -0.2) is 5.43 Å². The summed E-state index contributed by atoms with van der Waals surface area (Å²) in [6.07, 6.45) is 1.52. The van der Waals surface area contributed by atoms with Gasteiger partial charge in [-0.2, -0.15) is 5.10 Å². The zero-order valence-electron chi connectivity index (χ0n) is 18.0. The van der Waals surface area contributed by atoms with Crippen molar-refractivity contribution in [2.75, 3.05) is 12.9 Å². The van der Waals surface area contributed by atoms with Crippen molar-refractivity contribution in [3.05, 3.63) is 99.6 Å². The van der Waals surface area contributed by atoms with Crippen LogP contribution in [0.1, 0.15) is 16.7 Å². The van der Waals surface area contributed by atoms with E-state index in [2.05, 4.69) is 10.5 Å². The molecule has 0 aliphatic heterocycles. The minimum absolute atomic E-state index is 0.0362. The largest absolute Gasteiger partial charge is 0.493 e. The maximum atomic E-state index is 12.0. The molecule has 0 fully saturated rings. The van der Waals surface area contributed by atoms with E-state index in [4.69, 9.17) is 9.47 Å². The van der Waals surface area contributed by atoms with Crippen LogP contribution in [0.5, 0.6) is 11.5 Å². The first-order chi connectivity index (χ1) is 16.0. The summed E-state index contributed by atoms with van der Waals surface area (Å²) < 4.78 is 11.2. The Labute approximate surface area is 195 Å². The van der Waals surface area contributed by atoms with Crippen LogP contribution in [0.25, 0.3) is 0 Å². The lowest BCUT2D eigenvalue weighted by Gasteiger charge is -2.11. The van der Waals surface area contributed by atoms with Crippen LogP contribution < -0.4 is 14.9 Å². The Kier molecular flexibility index (Phi) is 8.84. The van der Waals surface area contributed by atoms with E-state index in [0.29, 0.717) is 23.9 Å². The molecular formula is C24H23N3O5S. The van der Waals surface area contributed by atoms with Gasteiger partial charge in [-0.15, -0.1) is 11.8 Å². The first kappa shape index (κ1) is 23.8. The third kappa shape index (κ3) is 7.65. The summed E-state index contributed by atoms with van der Waals surface area (Å²) in [4.78, 5) is 22.4. The van der Waals surface area contributed by atoms with Gasteiger partial charge in [0.1, 0.15) is 6.61 Å². The van der Waals surface area contributed by atoms with Crippen LogP contribution in [0.15, 0.2) is 77.9 Å². The van der Waals surface area contributed by atoms with Crippen LogP contribution in [0, 0.1) is 10.1 Å². The van der Waals surface area contributed by atoms with Crippen LogP contribution in [-0.2, 0) is 17.2 Å². The Morgan fingerprint density at radius 2 is 1.85 bits per heavy atom. The standard InChI is InChI=1S/C24H23N3O5S/c1-31-23-13-19(10-11-22(23)32-15-18-6-3-2-4-7-18)14-25-26-24(28)17-33-16-20-8-5-9-21(12-20)27(29)30/h2-14H,15-17H2,1H3,(H,26,28)/b25-14-. The number of thioether (sulfide) groups is 1. The molecule has 1 N–H and O–H groups in total. The minimum atomic E-state index is -0.438. The molecule has 0 unspecified atom stereocenters. The Balaban J connectivity index is 1.46. The van der Waals surface area contributed by atoms with Crippen molar-refractivity contribution >= 4 is 29.6 Å². The van der Waals surface area contributed by atoms with Crippen molar-refractivity contribution < 1.29 is 19.2 Å². The molecule has 0 saturated heterocycles. The number of carbonyl (C=O) groups is 1. The highest BCUT2D eigenvalue weighted by molar-refractivity contribution is 7.99. The van der Waals surface area contributed by atoms with Crippen LogP contribution in [0.2, 0.25) is 0 Å². The molecule has 0 aromatic heterocycles. The molecule has 3 aromatic rings. The number of nitrogens with zero attached hydrogens (tertiary/aromatic N) is 2. The van der Waals surface area contributed by atoms with Crippen molar-refractivity contribution in [3.8, 4) is 11.5 Å². The molecule has 0 heterocycles. The molecule has 3 rings (SSSR count). The molecule has 0 radical (unpaired) electrons. The highest BCUT2D eigenvalue weighted by Gasteiger charge is 2.08. The van der Waals surface area contributed by atoms with Gasteiger partial charge in [-0.05, 0) is 34.9 Å². The quantitative estimate of drug-likeness (QED) is 0.253. The van der Waals surface area contributed by atoms with Gasteiger partial charge < -0.3 is 9.47 Å². The molecule has 0 saturated carbocycles. The number of nitro groups is 1. The molecule has 1 amide bonds. The van der Waals surface area contributed by atoms with Gasteiger partial charge in [-0.3, -0.25) is 14.9 Å². The topological polar surface area (TPSA) is 103 Å². The molecule has 8 nitrogen and oxygen atoms in total. The fourth-order valence-corrected chi connectivity index (χ4v) is 3.62. The van der Waals surface area contributed by atoms with E-state index in [1.807, 2.05) is 36.4 Å². The lowest BCUT2D eigenvalue weighted by Crippen LogP contribution is -2.19. The van der Waals surface area contributed by atoms with Crippen molar-refractivity contribution in [1.82, 2.24) is 5.43 Å². The van der Waals surface area contributed by atoms with Crippen molar-refractivity contribution in [1.29, 1.82) is 0 Å². The van der Waals surface area contributed by atoms with E-state index in [1.165, 1.54) is 30.1 Å². The molecule has 9 heteroatoms. The average molecular weight is 466 g/mol. The number of carbonyl (C=O) groups excluding carboxylic acids is 1. The molecule has 0 atom stereocenters. The number of hydrazone groups is 1. The Bertz CT molecular complexity index is 1120. The molecular weight excluding hydrogens is 442 g/mol. The third-order valence-corrected chi connectivity index (χ3v) is 5.45. The van der Waals surface area contributed by atoms with Crippen molar-refractivity contribution in [2.24, 2.45) is 5.10 Å². The number of methoxy groups -OCH3 is 1. The van der Waals surface area contributed by atoms with Crippen LogP contribution in [-0.4, -0.2) is 29.9 Å². The van der Waals surface area contributed by atoms with E-state index in [-0.39, 0.29) is 17.3 Å². The number of hydrogen-bond donors (Lipinski definition) is 1. The maximum absolute atomic E-state index is 12.0. The Morgan fingerprint density at radius 3 is 2.61 bits per heavy atom. The summed E-state index contributed by atoms with van der Waals surface area (Å²) in [7, 11) is 1.56. The summed E-state index contributed by atoms with van der Waals surface area (Å²) in [6.45, 7) is 0.425. The van der Waals surface area contributed by atoms with Crippen LogP contribution in [0.4, 0.5) is 5.69 Å². The fourth-order valence-electron chi connectivity index (χ4n) is 2.85. The summed E-state index contributed by atoms with van der Waals surface area (Å²) in [5, 5.41) is 14.8. The maximum Gasteiger partial charge on any atom is 0.269 e. The van der Waals surface area contributed by atoms with E-state index >= 15 is 0 Å². The summed E-state index contributed by atoms with van der Waals surface area (Å²) in [6, 6.07) is 21.6. The number of nitrogens with one attached hydrogen (secondary N) is 1. The highest BCUT2D eigenvalue weighted by Crippen LogP contribution is 2.28. The van der Waals surface area contributed by atoms with Crippen molar-refractivity contribution in [2.45, 2.75) is 12.4 Å². The predicted octanol–water partition coefficient (Wildman–Crippen LogP) is 4.57. The van der Waals surface area contributed by atoms with Gasteiger partial charge >= 0.3 is 0 Å². The number of benzene rings is 3. The average Bonchev–Trinajstić information content (AvgIpc) is 2.84. The number of hydrogen-bond acceptors (Lipinski definition) is 7. The Hall–Kier alpha value is -3.85. The normalized spacial score (nSPS) is 10.7. The van der Waals surface area contributed by atoms with E-state index in [9.17, 15) is 14.9 Å². The second-order valence-corrected chi connectivity index (χ2v) is 7.88. The van der Waals surface area contributed by atoms with Gasteiger partial charge in [0.05, 0.1) is 24.0 Å². The lowest BCUT2D eigenvalue weighted by atomic mass is 10.2. The number of amides is 1. The second kappa shape index (κ2) is 12.3. The van der Waals surface area contributed by atoms with Crippen LogP contribution >= 0.6 is 11.8 Å². The van der Waals surface area contributed by atoms with Gasteiger partial charge in [-0.1, -0.05) is 42.5 Å². The minimum Gasteiger partial charge on any atom is -0.493 e. The zero-order chi connectivity index (χ0) is 23.5. The van der Waals surface area contributed by atoms with Crippen LogP contribution in [0.3, 0.4) is 0 Å². The molecule has 0 spiro atoms. The summed E-state index contributed by atoms with van der Waals surface area (Å²) in [5.41, 5.74) is 5.09. The molecule has 3 aromatic carbocycles. The zero-order valence-corrected chi connectivity index (χ0v) is 18.8. The fraction of sp³-hybridized carbons (Fsp3) is 0.167. The second-order valence-electron chi connectivity index (χ2n) is 6.90. The summed E-state index contributed by atoms with van der Waals surface area (Å²) >= 11 is 1.35. The third-order valence-electron chi connectivity index (χ3n) is 4.45. The van der Waals surface area contributed by atoms with Gasteiger partial charge in [0.15, 0.2) is 11.5 Å².